The van der Waals surface area contributed by atoms with Crippen LogP contribution in [0.4, 0.5) is 11.4 Å². The standard InChI is InChI=1S/C23H30N4OS/c1-3-18-9-5-7-11-20(18)24-22(28)17-26-13-15-27(16-14-26)23(29)25-21-12-8-6-10-19(21)4-2/h5-12H,3-4,13-17H2,1-2H3,(H,24,28)(H,25,29)/p+1. The maximum atomic E-state index is 12.5. The summed E-state index contributed by atoms with van der Waals surface area (Å²) in [5.74, 6) is 0.0759. The van der Waals surface area contributed by atoms with Gasteiger partial charge in [0.2, 0.25) is 0 Å². The third-order valence-electron chi connectivity index (χ3n) is 5.48. The molecule has 1 saturated heterocycles. The summed E-state index contributed by atoms with van der Waals surface area (Å²) in [5.41, 5.74) is 4.45. The van der Waals surface area contributed by atoms with Gasteiger partial charge in [-0.25, -0.2) is 0 Å². The summed E-state index contributed by atoms with van der Waals surface area (Å²) < 4.78 is 0. The fourth-order valence-corrected chi connectivity index (χ4v) is 4.01. The van der Waals surface area contributed by atoms with Gasteiger partial charge in [-0.2, -0.15) is 0 Å². The van der Waals surface area contributed by atoms with Crippen LogP contribution < -0.4 is 15.5 Å². The molecule has 2 aromatic rings. The van der Waals surface area contributed by atoms with Gasteiger partial charge < -0.3 is 20.4 Å². The third-order valence-corrected chi connectivity index (χ3v) is 5.84. The number of anilines is 2. The first-order valence-corrected chi connectivity index (χ1v) is 10.9. The Morgan fingerprint density at radius 2 is 1.45 bits per heavy atom. The van der Waals surface area contributed by atoms with Crippen molar-refractivity contribution in [2.45, 2.75) is 26.7 Å². The van der Waals surface area contributed by atoms with Crippen molar-refractivity contribution >= 4 is 34.6 Å². The van der Waals surface area contributed by atoms with Crippen LogP contribution in [0.15, 0.2) is 48.5 Å². The SMILES string of the molecule is CCc1ccccc1NC(=O)C[NH+]1CCN(C(=S)Nc2ccccc2CC)CC1. The number of amides is 1. The van der Waals surface area contributed by atoms with Gasteiger partial charge in [-0.05, 0) is 48.3 Å². The molecule has 0 saturated carbocycles. The van der Waals surface area contributed by atoms with Crippen molar-refractivity contribution in [3.63, 3.8) is 0 Å². The lowest BCUT2D eigenvalue weighted by molar-refractivity contribution is -0.895. The van der Waals surface area contributed by atoms with Gasteiger partial charge >= 0.3 is 0 Å². The van der Waals surface area contributed by atoms with E-state index in [1.807, 2.05) is 24.3 Å². The van der Waals surface area contributed by atoms with Gasteiger partial charge in [0.05, 0.1) is 26.2 Å². The first-order chi connectivity index (χ1) is 14.1. The highest BCUT2D eigenvalue weighted by molar-refractivity contribution is 7.80. The second-order valence-electron chi connectivity index (χ2n) is 7.41. The van der Waals surface area contributed by atoms with Crippen molar-refractivity contribution in [1.82, 2.24) is 4.90 Å². The predicted octanol–water partition coefficient (Wildman–Crippen LogP) is 2.35. The van der Waals surface area contributed by atoms with Crippen molar-refractivity contribution in [3.05, 3.63) is 59.7 Å². The molecule has 29 heavy (non-hydrogen) atoms. The average molecular weight is 412 g/mol. The fraction of sp³-hybridized carbons (Fsp3) is 0.391. The van der Waals surface area contributed by atoms with Gasteiger partial charge in [-0.1, -0.05) is 50.2 Å². The Morgan fingerprint density at radius 3 is 2.00 bits per heavy atom. The summed E-state index contributed by atoms with van der Waals surface area (Å²) >= 11 is 5.63. The topological polar surface area (TPSA) is 48.8 Å². The Morgan fingerprint density at radius 1 is 0.931 bits per heavy atom. The summed E-state index contributed by atoms with van der Waals surface area (Å²) in [7, 11) is 0. The van der Waals surface area contributed by atoms with Crippen LogP contribution in [0.1, 0.15) is 25.0 Å². The van der Waals surface area contributed by atoms with Crippen molar-refractivity contribution in [2.24, 2.45) is 0 Å². The largest absolute Gasteiger partial charge is 0.338 e. The van der Waals surface area contributed by atoms with E-state index < -0.39 is 0 Å². The Bertz CT molecular complexity index is 846. The minimum Gasteiger partial charge on any atom is -0.338 e. The minimum absolute atomic E-state index is 0.0759. The van der Waals surface area contributed by atoms with Gasteiger partial charge in [0.25, 0.3) is 5.91 Å². The lowest BCUT2D eigenvalue weighted by atomic mass is 10.1. The van der Waals surface area contributed by atoms with Crippen LogP contribution in [0.3, 0.4) is 0 Å². The molecule has 0 atom stereocenters. The van der Waals surface area contributed by atoms with Crippen LogP contribution in [0, 0.1) is 0 Å². The van der Waals surface area contributed by atoms with Crippen molar-refractivity contribution in [3.8, 4) is 0 Å². The first kappa shape index (κ1) is 21.3. The second kappa shape index (κ2) is 10.4. The van der Waals surface area contributed by atoms with Crippen molar-refractivity contribution in [2.75, 3.05) is 43.4 Å². The molecule has 0 unspecified atom stereocenters. The van der Waals surface area contributed by atoms with Gasteiger partial charge in [0.1, 0.15) is 0 Å². The predicted molar refractivity (Wildman–Crippen MR) is 124 cm³/mol. The maximum absolute atomic E-state index is 12.5. The second-order valence-corrected chi connectivity index (χ2v) is 7.80. The summed E-state index contributed by atoms with van der Waals surface area (Å²) in [4.78, 5) is 16.0. The Labute approximate surface area is 179 Å². The van der Waals surface area contributed by atoms with E-state index in [0.717, 1.165) is 55.5 Å². The molecule has 1 aliphatic rings. The van der Waals surface area contributed by atoms with E-state index in [9.17, 15) is 4.79 Å². The zero-order chi connectivity index (χ0) is 20.6. The molecule has 0 aliphatic carbocycles. The third kappa shape index (κ3) is 5.78. The molecular formula is C23H31N4OS+. The quantitative estimate of drug-likeness (QED) is 0.639. The van der Waals surface area contributed by atoms with E-state index >= 15 is 0 Å². The number of nitrogens with zero attached hydrogens (tertiary/aromatic N) is 1. The summed E-state index contributed by atoms with van der Waals surface area (Å²) in [6.45, 7) is 8.26. The van der Waals surface area contributed by atoms with Crippen molar-refractivity contribution in [1.29, 1.82) is 0 Å². The maximum Gasteiger partial charge on any atom is 0.279 e. The molecule has 1 heterocycles. The molecule has 5 nitrogen and oxygen atoms in total. The molecular weight excluding hydrogens is 380 g/mol. The van der Waals surface area contributed by atoms with Crippen LogP contribution in [-0.2, 0) is 17.6 Å². The highest BCUT2D eigenvalue weighted by Crippen LogP contribution is 2.16. The highest BCUT2D eigenvalue weighted by Gasteiger charge is 2.24. The Balaban J connectivity index is 1.47. The molecule has 3 rings (SSSR count). The molecule has 3 N–H and O–H groups in total. The summed E-state index contributed by atoms with van der Waals surface area (Å²) in [6.07, 6.45) is 1.88. The minimum atomic E-state index is 0.0759. The molecule has 6 heteroatoms. The molecule has 2 aromatic carbocycles. The number of para-hydroxylation sites is 2. The number of nitrogens with one attached hydrogen (secondary N) is 3. The number of benzene rings is 2. The van der Waals surface area contributed by atoms with E-state index in [-0.39, 0.29) is 5.91 Å². The van der Waals surface area contributed by atoms with E-state index in [1.54, 1.807) is 0 Å². The van der Waals surface area contributed by atoms with Gasteiger partial charge in [-0.3, -0.25) is 4.79 Å². The molecule has 1 aliphatic heterocycles. The zero-order valence-corrected chi connectivity index (χ0v) is 18.1. The monoisotopic (exact) mass is 411 g/mol. The molecule has 0 aromatic heterocycles. The van der Waals surface area contributed by atoms with Crippen molar-refractivity contribution < 1.29 is 9.69 Å². The molecule has 154 valence electrons. The van der Waals surface area contributed by atoms with E-state index in [4.69, 9.17) is 12.2 Å². The average Bonchev–Trinajstić information content (AvgIpc) is 2.75. The van der Waals surface area contributed by atoms with E-state index in [2.05, 4.69) is 53.6 Å². The summed E-state index contributed by atoms with van der Waals surface area (Å²) in [5, 5.41) is 7.25. The number of piperazine rings is 1. The Kier molecular flexibility index (Phi) is 7.61. The number of quaternary nitrogens is 1. The highest BCUT2D eigenvalue weighted by atomic mass is 32.1. The number of aryl methyl sites for hydroxylation is 2. The number of hydrogen-bond donors (Lipinski definition) is 3. The van der Waals surface area contributed by atoms with Crippen LogP contribution in [0.5, 0.6) is 0 Å². The molecule has 1 amide bonds. The molecule has 1 fully saturated rings. The smallest absolute Gasteiger partial charge is 0.279 e. The number of carbonyl (C=O) groups is 1. The fourth-order valence-electron chi connectivity index (χ4n) is 3.72. The van der Waals surface area contributed by atoms with E-state index in [0.29, 0.717) is 6.54 Å². The number of carbonyl (C=O) groups excluding carboxylic acids is 1. The number of hydrogen-bond acceptors (Lipinski definition) is 2. The van der Waals surface area contributed by atoms with Crippen LogP contribution >= 0.6 is 12.2 Å². The lowest BCUT2D eigenvalue weighted by Gasteiger charge is -2.33. The van der Waals surface area contributed by atoms with Crippen LogP contribution in [0.2, 0.25) is 0 Å². The molecule has 0 bridgehead atoms. The zero-order valence-electron chi connectivity index (χ0n) is 17.3. The van der Waals surface area contributed by atoms with Gasteiger partial charge in [0.15, 0.2) is 11.7 Å². The van der Waals surface area contributed by atoms with Crippen LogP contribution in [0.25, 0.3) is 0 Å². The van der Waals surface area contributed by atoms with Gasteiger partial charge in [-0.15, -0.1) is 0 Å². The summed E-state index contributed by atoms with van der Waals surface area (Å²) in [6, 6.07) is 16.3. The first-order valence-electron chi connectivity index (χ1n) is 10.5. The van der Waals surface area contributed by atoms with Gasteiger partial charge in [0, 0.05) is 11.4 Å². The number of thiocarbonyl (C=S) groups is 1. The molecule has 0 radical (unpaired) electrons. The van der Waals surface area contributed by atoms with E-state index in [1.165, 1.54) is 16.0 Å². The number of rotatable bonds is 6. The normalized spacial score (nSPS) is 14.5. The molecule has 0 spiro atoms. The Hall–Kier alpha value is -2.44. The lowest BCUT2D eigenvalue weighted by Crippen LogP contribution is -3.15. The van der Waals surface area contributed by atoms with Crippen LogP contribution in [-0.4, -0.2) is 48.6 Å².